The Morgan fingerprint density at radius 3 is 2.84 bits per heavy atom. The molecule has 19 heavy (non-hydrogen) atoms. The largest absolute Gasteiger partial charge is 0.497 e. The topological polar surface area (TPSA) is 47.6 Å². The Morgan fingerprint density at radius 1 is 1.26 bits per heavy atom. The fraction of sp³-hybridized carbons (Fsp3) is 0.214. The van der Waals surface area contributed by atoms with Crippen molar-refractivity contribution < 1.29 is 14.3 Å². The number of ether oxygens (including phenoxy) is 2. The number of rotatable bonds is 6. The summed E-state index contributed by atoms with van der Waals surface area (Å²) in [6.07, 6.45) is 0. The normalized spacial score (nSPS) is 9.95. The van der Waals surface area contributed by atoms with Gasteiger partial charge in [0.1, 0.15) is 11.5 Å². The van der Waals surface area contributed by atoms with Crippen LogP contribution >= 0.6 is 11.3 Å². The molecule has 0 saturated carbocycles. The van der Waals surface area contributed by atoms with Gasteiger partial charge >= 0.3 is 0 Å². The second-order valence-electron chi connectivity index (χ2n) is 3.82. The molecule has 1 amide bonds. The zero-order valence-electron chi connectivity index (χ0n) is 10.6. The molecule has 2 rings (SSSR count). The van der Waals surface area contributed by atoms with Gasteiger partial charge in [-0.15, -0.1) is 11.3 Å². The third-order valence-electron chi connectivity index (χ3n) is 2.45. The van der Waals surface area contributed by atoms with Crippen LogP contribution in [0.4, 0.5) is 0 Å². The summed E-state index contributed by atoms with van der Waals surface area (Å²) >= 11 is 1.61. The summed E-state index contributed by atoms with van der Waals surface area (Å²) in [6.45, 7) is 0.538. The monoisotopic (exact) mass is 277 g/mol. The highest BCUT2D eigenvalue weighted by atomic mass is 32.1. The standard InChI is InChI=1S/C14H15NO3S/c1-17-11-4-2-5-12(8-11)18-10-14(16)15-9-13-6-3-7-19-13/h2-8H,9-10H2,1H3,(H,15,16). The maximum atomic E-state index is 11.6. The van der Waals surface area contributed by atoms with Gasteiger partial charge in [-0.05, 0) is 23.6 Å². The molecule has 0 saturated heterocycles. The molecule has 0 spiro atoms. The Bertz CT molecular complexity index is 525. The quantitative estimate of drug-likeness (QED) is 0.882. The predicted octanol–water partition coefficient (Wildman–Crippen LogP) is 2.45. The molecule has 1 aromatic carbocycles. The summed E-state index contributed by atoms with van der Waals surface area (Å²) in [6, 6.07) is 11.1. The minimum absolute atomic E-state index is 0.00145. The number of methoxy groups -OCH3 is 1. The van der Waals surface area contributed by atoms with Crippen LogP contribution in [-0.4, -0.2) is 19.6 Å². The molecule has 1 aromatic heterocycles. The molecule has 2 aromatic rings. The van der Waals surface area contributed by atoms with Crippen LogP contribution in [0, 0.1) is 0 Å². The van der Waals surface area contributed by atoms with Crippen LogP contribution in [0.3, 0.4) is 0 Å². The molecule has 0 aliphatic heterocycles. The summed E-state index contributed by atoms with van der Waals surface area (Å²) in [4.78, 5) is 12.7. The smallest absolute Gasteiger partial charge is 0.258 e. The lowest BCUT2D eigenvalue weighted by Crippen LogP contribution is -2.28. The first-order chi connectivity index (χ1) is 9.28. The lowest BCUT2D eigenvalue weighted by atomic mass is 10.3. The summed E-state index contributed by atoms with van der Waals surface area (Å²) in [5.74, 6) is 1.18. The first kappa shape index (κ1) is 13.4. The van der Waals surface area contributed by atoms with Crippen molar-refractivity contribution >= 4 is 17.2 Å². The van der Waals surface area contributed by atoms with Gasteiger partial charge in [0.25, 0.3) is 5.91 Å². The van der Waals surface area contributed by atoms with E-state index in [-0.39, 0.29) is 12.5 Å². The number of thiophene rings is 1. The number of hydrogen-bond donors (Lipinski definition) is 1. The lowest BCUT2D eigenvalue weighted by molar-refractivity contribution is -0.123. The van der Waals surface area contributed by atoms with Crippen LogP contribution in [0.15, 0.2) is 41.8 Å². The minimum atomic E-state index is -0.142. The maximum absolute atomic E-state index is 11.6. The summed E-state index contributed by atoms with van der Waals surface area (Å²) < 4.78 is 10.5. The zero-order valence-corrected chi connectivity index (χ0v) is 11.4. The van der Waals surface area contributed by atoms with Crippen molar-refractivity contribution in [3.05, 3.63) is 46.7 Å². The predicted molar refractivity (Wildman–Crippen MR) is 74.7 cm³/mol. The van der Waals surface area contributed by atoms with E-state index < -0.39 is 0 Å². The fourth-order valence-electron chi connectivity index (χ4n) is 1.49. The molecule has 0 unspecified atom stereocenters. The number of nitrogens with one attached hydrogen (secondary N) is 1. The van der Waals surface area contributed by atoms with E-state index in [1.165, 1.54) is 0 Å². The van der Waals surface area contributed by atoms with Crippen molar-refractivity contribution in [1.82, 2.24) is 5.32 Å². The molecule has 0 aliphatic carbocycles. The van der Waals surface area contributed by atoms with E-state index in [2.05, 4.69) is 5.32 Å². The van der Waals surface area contributed by atoms with Gasteiger partial charge in [0.2, 0.25) is 0 Å². The maximum Gasteiger partial charge on any atom is 0.258 e. The van der Waals surface area contributed by atoms with Crippen LogP contribution in [0.2, 0.25) is 0 Å². The summed E-state index contributed by atoms with van der Waals surface area (Å²) in [5, 5.41) is 4.78. The molecule has 0 bridgehead atoms. The number of carbonyl (C=O) groups excluding carboxylic acids is 1. The van der Waals surface area contributed by atoms with Gasteiger partial charge < -0.3 is 14.8 Å². The molecule has 100 valence electrons. The van der Waals surface area contributed by atoms with E-state index >= 15 is 0 Å². The average Bonchev–Trinajstić information content (AvgIpc) is 2.96. The molecule has 0 radical (unpaired) electrons. The van der Waals surface area contributed by atoms with E-state index in [9.17, 15) is 4.79 Å². The van der Waals surface area contributed by atoms with E-state index in [0.717, 1.165) is 4.88 Å². The highest BCUT2D eigenvalue weighted by molar-refractivity contribution is 7.09. The first-order valence-corrected chi connectivity index (χ1v) is 6.72. The summed E-state index contributed by atoms with van der Waals surface area (Å²) in [7, 11) is 1.59. The van der Waals surface area contributed by atoms with Crippen molar-refractivity contribution in [3.8, 4) is 11.5 Å². The van der Waals surface area contributed by atoms with E-state index in [1.807, 2.05) is 29.6 Å². The minimum Gasteiger partial charge on any atom is -0.497 e. The van der Waals surface area contributed by atoms with Gasteiger partial charge in [0.05, 0.1) is 13.7 Å². The molecule has 0 atom stereocenters. The second kappa shape index (κ2) is 6.80. The van der Waals surface area contributed by atoms with Crippen LogP contribution in [0.5, 0.6) is 11.5 Å². The average molecular weight is 277 g/mol. The molecule has 1 N–H and O–H groups in total. The second-order valence-corrected chi connectivity index (χ2v) is 4.86. The zero-order chi connectivity index (χ0) is 13.5. The number of amides is 1. The highest BCUT2D eigenvalue weighted by Crippen LogP contribution is 2.18. The Balaban J connectivity index is 1.76. The van der Waals surface area contributed by atoms with Crippen LogP contribution in [0.1, 0.15) is 4.88 Å². The molecule has 5 heteroatoms. The Labute approximate surface area is 116 Å². The molecule has 0 aliphatic rings. The number of benzene rings is 1. The van der Waals surface area contributed by atoms with Crippen LogP contribution in [0.25, 0.3) is 0 Å². The van der Waals surface area contributed by atoms with Gasteiger partial charge in [-0.3, -0.25) is 4.79 Å². The first-order valence-electron chi connectivity index (χ1n) is 5.84. The highest BCUT2D eigenvalue weighted by Gasteiger charge is 2.04. The Kier molecular flexibility index (Phi) is 4.80. The SMILES string of the molecule is COc1cccc(OCC(=O)NCc2cccs2)c1. The molecular formula is C14H15NO3S. The van der Waals surface area contributed by atoms with Crippen molar-refractivity contribution in [1.29, 1.82) is 0 Å². The molecule has 4 nitrogen and oxygen atoms in total. The number of hydrogen-bond acceptors (Lipinski definition) is 4. The van der Waals surface area contributed by atoms with E-state index in [4.69, 9.17) is 9.47 Å². The van der Waals surface area contributed by atoms with Gasteiger partial charge in [0, 0.05) is 10.9 Å². The number of carbonyl (C=O) groups is 1. The molecule has 1 heterocycles. The van der Waals surface area contributed by atoms with Crippen molar-refractivity contribution in [2.75, 3.05) is 13.7 Å². The Morgan fingerprint density at radius 2 is 2.11 bits per heavy atom. The lowest BCUT2D eigenvalue weighted by Gasteiger charge is -2.08. The third-order valence-corrected chi connectivity index (χ3v) is 3.33. The third kappa shape index (κ3) is 4.30. The van der Waals surface area contributed by atoms with Gasteiger partial charge in [-0.25, -0.2) is 0 Å². The van der Waals surface area contributed by atoms with Crippen molar-refractivity contribution in [3.63, 3.8) is 0 Å². The van der Waals surface area contributed by atoms with Gasteiger partial charge in [-0.1, -0.05) is 12.1 Å². The molecule has 0 fully saturated rings. The van der Waals surface area contributed by atoms with Crippen molar-refractivity contribution in [2.24, 2.45) is 0 Å². The van der Waals surface area contributed by atoms with Crippen molar-refractivity contribution in [2.45, 2.75) is 6.54 Å². The Hall–Kier alpha value is -2.01. The fourth-order valence-corrected chi connectivity index (χ4v) is 2.13. The van der Waals surface area contributed by atoms with E-state index in [0.29, 0.717) is 18.0 Å². The van der Waals surface area contributed by atoms with Crippen LogP contribution in [-0.2, 0) is 11.3 Å². The summed E-state index contributed by atoms with van der Waals surface area (Å²) in [5.41, 5.74) is 0. The molecular weight excluding hydrogens is 262 g/mol. The van der Waals surface area contributed by atoms with Crippen LogP contribution < -0.4 is 14.8 Å². The van der Waals surface area contributed by atoms with Gasteiger partial charge in [-0.2, -0.15) is 0 Å². The van der Waals surface area contributed by atoms with E-state index in [1.54, 1.807) is 30.6 Å². The van der Waals surface area contributed by atoms with Gasteiger partial charge in [0.15, 0.2) is 6.61 Å².